The molecule has 7 nitrogen and oxygen atoms in total. The lowest BCUT2D eigenvalue weighted by atomic mass is 10.2. The Balaban J connectivity index is 1.54. The fraction of sp³-hybridized carbons (Fsp3) is 0.357. The summed E-state index contributed by atoms with van der Waals surface area (Å²) in [7, 11) is 0. The van der Waals surface area contributed by atoms with Crippen LogP contribution in [0.15, 0.2) is 35.1 Å². The molecule has 0 atom stereocenters. The van der Waals surface area contributed by atoms with E-state index in [1.165, 1.54) is 0 Å². The van der Waals surface area contributed by atoms with Crippen molar-refractivity contribution >= 4 is 5.91 Å². The number of nitrogens with one attached hydrogen (secondary N) is 3. The first-order valence-electron chi connectivity index (χ1n) is 6.76. The lowest BCUT2D eigenvalue weighted by Crippen LogP contribution is -2.23. The third-order valence-electron chi connectivity index (χ3n) is 2.81. The summed E-state index contributed by atoms with van der Waals surface area (Å²) in [5, 5.41) is 8.61. The number of carbonyl (C=O) groups is 1. The Morgan fingerprint density at radius 3 is 2.81 bits per heavy atom. The smallest absolute Gasteiger partial charge is 0.340 e. The summed E-state index contributed by atoms with van der Waals surface area (Å²) in [5.41, 5.74) is 0.734. The zero-order valence-electron chi connectivity index (χ0n) is 11.6. The number of hydrogen-bond acceptors (Lipinski definition) is 4. The van der Waals surface area contributed by atoms with E-state index in [4.69, 9.17) is 4.74 Å². The summed E-state index contributed by atoms with van der Waals surface area (Å²) >= 11 is 0. The van der Waals surface area contributed by atoms with E-state index < -0.39 is 0 Å². The van der Waals surface area contributed by atoms with Gasteiger partial charge in [-0.15, -0.1) is 0 Å². The van der Waals surface area contributed by atoms with Crippen LogP contribution in [0.5, 0.6) is 0 Å². The first-order valence-corrected chi connectivity index (χ1v) is 6.76. The molecular formula is C14H18N4O3. The number of benzene rings is 1. The standard InChI is InChI=1S/C14H18N4O3/c19-13(15-9-12-16-14(20)18-17-12)7-4-8-21-10-11-5-2-1-3-6-11/h1-3,5-6H,4,7-10H2,(H,15,19)(H2,16,17,18,20). The molecule has 1 amide bonds. The minimum absolute atomic E-state index is 0.0952. The molecule has 0 bridgehead atoms. The first kappa shape index (κ1) is 15.0. The zero-order valence-corrected chi connectivity index (χ0v) is 11.6. The van der Waals surface area contributed by atoms with Gasteiger partial charge in [-0.2, -0.15) is 5.10 Å². The molecule has 0 radical (unpaired) electrons. The lowest BCUT2D eigenvalue weighted by molar-refractivity contribution is -0.121. The Labute approximate surface area is 121 Å². The van der Waals surface area contributed by atoms with E-state index >= 15 is 0 Å². The molecule has 0 unspecified atom stereocenters. The number of aromatic amines is 2. The van der Waals surface area contributed by atoms with Crippen molar-refractivity contribution < 1.29 is 9.53 Å². The number of carbonyl (C=O) groups excluding carboxylic acids is 1. The van der Waals surface area contributed by atoms with E-state index in [1.54, 1.807) is 0 Å². The molecule has 0 fully saturated rings. The van der Waals surface area contributed by atoms with Crippen molar-refractivity contribution in [1.82, 2.24) is 20.5 Å². The molecule has 0 aliphatic heterocycles. The van der Waals surface area contributed by atoms with Crippen LogP contribution in [-0.2, 0) is 22.7 Å². The van der Waals surface area contributed by atoms with Crippen molar-refractivity contribution in [3.63, 3.8) is 0 Å². The van der Waals surface area contributed by atoms with Crippen LogP contribution in [0.25, 0.3) is 0 Å². The topological polar surface area (TPSA) is 99.9 Å². The largest absolute Gasteiger partial charge is 0.377 e. The summed E-state index contributed by atoms with van der Waals surface area (Å²) in [6.45, 7) is 1.29. The third-order valence-corrected chi connectivity index (χ3v) is 2.81. The highest BCUT2D eigenvalue weighted by atomic mass is 16.5. The Morgan fingerprint density at radius 2 is 2.10 bits per heavy atom. The third kappa shape index (κ3) is 5.62. The molecule has 1 aromatic heterocycles. The molecule has 1 aromatic carbocycles. The van der Waals surface area contributed by atoms with Gasteiger partial charge < -0.3 is 10.1 Å². The van der Waals surface area contributed by atoms with E-state index in [-0.39, 0.29) is 18.1 Å². The molecule has 112 valence electrons. The van der Waals surface area contributed by atoms with Gasteiger partial charge in [0.2, 0.25) is 5.91 Å². The quantitative estimate of drug-likeness (QED) is 0.623. The van der Waals surface area contributed by atoms with Gasteiger partial charge in [0.05, 0.1) is 13.2 Å². The maximum atomic E-state index is 11.6. The van der Waals surface area contributed by atoms with Crippen LogP contribution in [0.1, 0.15) is 24.2 Å². The second-order valence-corrected chi connectivity index (χ2v) is 4.54. The number of amides is 1. The van der Waals surface area contributed by atoms with E-state index in [9.17, 15) is 9.59 Å². The molecule has 0 saturated heterocycles. The van der Waals surface area contributed by atoms with E-state index in [1.807, 2.05) is 30.3 Å². The van der Waals surface area contributed by atoms with Crippen molar-refractivity contribution in [3.8, 4) is 0 Å². The van der Waals surface area contributed by atoms with Gasteiger partial charge in [-0.05, 0) is 12.0 Å². The van der Waals surface area contributed by atoms with Gasteiger partial charge in [-0.25, -0.2) is 9.89 Å². The van der Waals surface area contributed by atoms with Crippen LogP contribution in [0, 0.1) is 0 Å². The van der Waals surface area contributed by atoms with Crippen LogP contribution >= 0.6 is 0 Å². The van der Waals surface area contributed by atoms with Gasteiger partial charge in [0.1, 0.15) is 5.82 Å². The highest BCUT2D eigenvalue weighted by molar-refractivity contribution is 5.75. The highest BCUT2D eigenvalue weighted by Crippen LogP contribution is 2.01. The molecule has 1 heterocycles. The molecule has 2 rings (SSSR count). The number of ether oxygens (including phenoxy) is 1. The first-order chi connectivity index (χ1) is 10.2. The Morgan fingerprint density at radius 1 is 1.29 bits per heavy atom. The van der Waals surface area contributed by atoms with E-state index in [2.05, 4.69) is 20.5 Å². The molecule has 7 heteroatoms. The Bertz CT molecular complexity index is 606. The maximum Gasteiger partial charge on any atom is 0.340 e. The number of H-pyrrole nitrogens is 2. The average Bonchev–Trinajstić information content (AvgIpc) is 2.91. The van der Waals surface area contributed by atoms with Gasteiger partial charge in [-0.1, -0.05) is 30.3 Å². The van der Waals surface area contributed by atoms with Crippen LogP contribution in [0.3, 0.4) is 0 Å². The number of rotatable bonds is 8. The molecule has 0 aliphatic carbocycles. The molecule has 0 saturated carbocycles. The minimum atomic E-state index is -0.381. The Kier molecular flexibility index (Phi) is 5.71. The predicted molar refractivity (Wildman–Crippen MR) is 76.4 cm³/mol. The maximum absolute atomic E-state index is 11.6. The van der Waals surface area contributed by atoms with Crippen molar-refractivity contribution in [2.45, 2.75) is 26.0 Å². The molecule has 0 aliphatic rings. The average molecular weight is 290 g/mol. The monoisotopic (exact) mass is 290 g/mol. The zero-order chi connectivity index (χ0) is 14.9. The van der Waals surface area contributed by atoms with Crippen LogP contribution in [0.4, 0.5) is 0 Å². The summed E-state index contributed by atoms with van der Waals surface area (Å²) in [4.78, 5) is 24.8. The fourth-order valence-electron chi connectivity index (χ4n) is 1.76. The molecule has 3 N–H and O–H groups in total. The van der Waals surface area contributed by atoms with E-state index in [0.29, 0.717) is 31.9 Å². The highest BCUT2D eigenvalue weighted by Gasteiger charge is 2.03. The molecule has 0 spiro atoms. The lowest BCUT2D eigenvalue weighted by Gasteiger charge is -2.05. The van der Waals surface area contributed by atoms with E-state index in [0.717, 1.165) is 5.56 Å². The summed E-state index contributed by atoms with van der Waals surface area (Å²) in [6, 6.07) is 9.88. The molecule has 21 heavy (non-hydrogen) atoms. The second-order valence-electron chi connectivity index (χ2n) is 4.54. The van der Waals surface area contributed by atoms with Crippen LogP contribution < -0.4 is 11.0 Å². The number of hydrogen-bond donors (Lipinski definition) is 3. The summed E-state index contributed by atoms with van der Waals surface area (Å²) in [6.07, 6.45) is 1.03. The van der Waals surface area contributed by atoms with Gasteiger partial charge in [0.25, 0.3) is 0 Å². The fourth-order valence-corrected chi connectivity index (χ4v) is 1.76. The molecular weight excluding hydrogens is 272 g/mol. The number of aromatic nitrogens is 3. The van der Waals surface area contributed by atoms with Gasteiger partial charge in [0.15, 0.2) is 0 Å². The molecule has 2 aromatic rings. The van der Waals surface area contributed by atoms with Gasteiger partial charge >= 0.3 is 5.69 Å². The normalized spacial score (nSPS) is 10.5. The van der Waals surface area contributed by atoms with Crippen LogP contribution in [0.2, 0.25) is 0 Å². The summed E-state index contributed by atoms with van der Waals surface area (Å²) < 4.78 is 5.49. The summed E-state index contributed by atoms with van der Waals surface area (Å²) in [5.74, 6) is 0.316. The van der Waals surface area contributed by atoms with Gasteiger partial charge in [-0.3, -0.25) is 9.78 Å². The van der Waals surface area contributed by atoms with Crippen LogP contribution in [-0.4, -0.2) is 27.7 Å². The van der Waals surface area contributed by atoms with Gasteiger partial charge in [0, 0.05) is 13.0 Å². The van der Waals surface area contributed by atoms with Crippen molar-refractivity contribution in [2.75, 3.05) is 6.61 Å². The SMILES string of the molecule is O=C(CCCOCc1ccccc1)NCc1n[nH]c(=O)[nH]1. The van der Waals surface area contributed by atoms with Crippen molar-refractivity contribution in [3.05, 3.63) is 52.2 Å². The minimum Gasteiger partial charge on any atom is -0.377 e. The van der Waals surface area contributed by atoms with Crippen molar-refractivity contribution in [1.29, 1.82) is 0 Å². The number of nitrogens with zero attached hydrogens (tertiary/aromatic N) is 1. The van der Waals surface area contributed by atoms with Crippen molar-refractivity contribution in [2.24, 2.45) is 0 Å². The predicted octanol–water partition coefficient (Wildman–Crippen LogP) is 0.711. The Hall–Kier alpha value is -2.41. The second kappa shape index (κ2) is 8.01.